The third kappa shape index (κ3) is 4.15. The SMILES string of the molecule is CC(C)(C)c1ccc2c(c1)C([Si](C)(C)[N]([Zn])C(C)(C)C)c1cc(C(C)(C)C)ccc1-2. The Balaban J connectivity index is 2.30. The third-order valence-electron chi connectivity index (χ3n) is 6.96. The average Bonchev–Trinajstić information content (AvgIpc) is 2.92. The van der Waals surface area contributed by atoms with Gasteiger partial charge in [0, 0.05) is 0 Å². The molecule has 159 valence electrons. The third-order valence-corrected chi connectivity index (χ3v) is 18.2. The van der Waals surface area contributed by atoms with Crippen molar-refractivity contribution in [1.82, 2.24) is 3.31 Å². The van der Waals surface area contributed by atoms with E-state index in [2.05, 4.69) is 115 Å². The molecule has 0 N–H and O–H groups in total. The van der Waals surface area contributed by atoms with Crippen molar-refractivity contribution in [2.75, 3.05) is 0 Å². The number of rotatable bonds is 2. The first-order valence-electron chi connectivity index (χ1n) is 11.4. The van der Waals surface area contributed by atoms with Gasteiger partial charge in [-0.3, -0.25) is 0 Å². The minimum absolute atomic E-state index is 0.167. The van der Waals surface area contributed by atoms with Gasteiger partial charge in [-0.05, 0) is 0 Å². The van der Waals surface area contributed by atoms with Gasteiger partial charge in [-0.2, -0.15) is 0 Å². The maximum absolute atomic E-state index is 2.83. The first kappa shape index (κ1) is 23.9. The van der Waals surface area contributed by atoms with Crippen LogP contribution in [0.3, 0.4) is 0 Å². The van der Waals surface area contributed by atoms with Crippen molar-refractivity contribution < 1.29 is 18.5 Å². The summed E-state index contributed by atoms with van der Waals surface area (Å²) in [5, 5.41) is 0. The molecule has 0 atom stereocenters. The first-order valence-corrected chi connectivity index (χ1v) is 15.7. The van der Waals surface area contributed by atoms with E-state index < -0.39 is 8.24 Å². The van der Waals surface area contributed by atoms with E-state index in [0.717, 1.165) is 0 Å². The van der Waals surface area contributed by atoms with Gasteiger partial charge in [-0.25, -0.2) is 0 Å². The van der Waals surface area contributed by atoms with Gasteiger partial charge in [0.1, 0.15) is 0 Å². The van der Waals surface area contributed by atoms with Crippen LogP contribution in [0.25, 0.3) is 11.1 Å². The molecule has 0 saturated heterocycles. The molecule has 0 bridgehead atoms. The number of benzene rings is 2. The summed E-state index contributed by atoms with van der Waals surface area (Å²) in [5.74, 6) is 0. The normalized spacial score (nSPS) is 15.5. The van der Waals surface area contributed by atoms with Gasteiger partial charge in [0.25, 0.3) is 0 Å². The van der Waals surface area contributed by atoms with Crippen LogP contribution in [0.4, 0.5) is 0 Å². The van der Waals surface area contributed by atoms with E-state index in [-0.39, 0.29) is 16.4 Å². The summed E-state index contributed by atoms with van der Waals surface area (Å²) in [6, 6.07) is 14.6. The summed E-state index contributed by atoms with van der Waals surface area (Å²) in [4.78, 5) is 0. The van der Waals surface area contributed by atoms with E-state index >= 15 is 0 Å². The van der Waals surface area contributed by atoms with Crippen LogP contribution in [0.1, 0.15) is 90.1 Å². The molecule has 1 aliphatic carbocycles. The zero-order valence-electron chi connectivity index (χ0n) is 21.2. The van der Waals surface area contributed by atoms with Crippen LogP contribution in [-0.4, -0.2) is 17.1 Å². The van der Waals surface area contributed by atoms with Gasteiger partial charge < -0.3 is 0 Å². The van der Waals surface area contributed by atoms with Crippen LogP contribution in [0.5, 0.6) is 0 Å². The van der Waals surface area contributed by atoms with E-state index in [1.807, 2.05) is 0 Å². The van der Waals surface area contributed by atoms with E-state index in [1.54, 1.807) is 11.1 Å². The van der Waals surface area contributed by atoms with E-state index in [0.29, 0.717) is 5.54 Å². The van der Waals surface area contributed by atoms with Crippen LogP contribution < -0.4 is 0 Å². The molecule has 0 radical (unpaired) electrons. The summed E-state index contributed by atoms with van der Waals surface area (Å²) in [6.45, 7) is 26.4. The molecule has 3 rings (SSSR count). The Kier molecular flexibility index (Phi) is 5.89. The second kappa shape index (κ2) is 7.39. The minimum atomic E-state index is -1.79. The topological polar surface area (TPSA) is 3.24 Å². The molecule has 0 aromatic heterocycles. The van der Waals surface area contributed by atoms with E-state index in [1.165, 1.54) is 40.8 Å². The van der Waals surface area contributed by atoms with Crippen molar-refractivity contribution in [3.63, 3.8) is 0 Å². The van der Waals surface area contributed by atoms with Crippen LogP contribution in [0, 0.1) is 0 Å². The summed E-state index contributed by atoms with van der Waals surface area (Å²) in [7, 11) is -1.79. The number of hydrogen-bond donors (Lipinski definition) is 0. The Hall–Kier alpha value is -0.760. The second-order valence-electron chi connectivity index (χ2n) is 12.8. The fraction of sp³-hybridized carbons (Fsp3) is 0.556. The van der Waals surface area contributed by atoms with Crippen molar-refractivity contribution >= 4 is 8.24 Å². The molecule has 3 heteroatoms. The number of nitrogens with zero attached hydrogens (tertiary/aromatic N) is 1. The molecule has 30 heavy (non-hydrogen) atoms. The monoisotopic (exact) mass is 470 g/mol. The summed E-state index contributed by atoms with van der Waals surface area (Å²) < 4.78 is 2.83. The molecule has 1 nitrogen and oxygen atoms in total. The molecule has 0 amide bonds. The Morgan fingerprint density at radius 2 is 1.07 bits per heavy atom. The van der Waals surface area contributed by atoms with Crippen LogP contribution in [-0.2, 0) is 29.4 Å². The molecule has 0 saturated carbocycles. The van der Waals surface area contributed by atoms with Crippen molar-refractivity contribution in [2.24, 2.45) is 0 Å². The Labute approximate surface area is 196 Å². The Bertz CT molecular complexity index is 891. The average molecular weight is 472 g/mol. The van der Waals surface area contributed by atoms with Crippen LogP contribution in [0.15, 0.2) is 36.4 Å². The summed E-state index contributed by atoms with van der Waals surface area (Å²) in [6.07, 6.45) is 0. The molecule has 0 unspecified atom stereocenters. The maximum atomic E-state index is 2.83. The zero-order chi connectivity index (χ0) is 22.9. The predicted octanol–water partition coefficient (Wildman–Crippen LogP) is 7.70. The van der Waals surface area contributed by atoms with Gasteiger partial charge in [0.15, 0.2) is 0 Å². The molecular formula is C27H40NSiZn. The van der Waals surface area contributed by atoms with Crippen LogP contribution >= 0.6 is 0 Å². The molecular weight excluding hydrogens is 432 g/mol. The van der Waals surface area contributed by atoms with Crippen molar-refractivity contribution in [3.8, 4) is 11.1 Å². The fourth-order valence-corrected chi connectivity index (χ4v) is 10.2. The molecule has 0 spiro atoms. The standard InChI is InChI=1S/C27H40NSi.Zn/c1-25(2,3)18-12-14-20-21-15-13-19(26(4,5)6)17-23(21)24(22(20)16-18)29(10,11)28-27(7,8)9;/h12-17,24H,1-11H3;/q-1;+1. The Morgan fingerprint density at radius 1 is 0.700 bits per heavy atom. The molecule has 2 aromatic carbocycles. The van der Waals surface area contributed by atoms with Gasteiger partial charge in [-0.15, -0.1) is 0 Å². The number of fused-ring (bicyclic) bond motifs is 3. The quantitative estimate of drug-likeness (QED) is 0.405. The van der Waals surface area contributed by atoms with Gasteiger partial charge in [0.2, 0.25) is 0 Å². The molecule has 2 aromatic rings. The molecule has 0 fully saturated rings. The summed E-state index contributed by atoms with van der Waals surface area (Å²) >= 11 is 1.22. The van der Waals surface area contributed by atoms with E-state index in [9.17, 15) is 0 Å². The predicted molar refractivity (Wildman–Crippen MR) is 130 cm³/mol. The Morgan fingerprint density at radius 3 is 1.37 bits per heavy atom. The van der Waals surface area contributed by atoms with E-state index in [4.69, 9.17) is 0 Å². The fourth-order valence-electron chi connectivity index (χ4n) is 4.98. The zero-order valence-corrected chi connectivity index (χ0v) is 25.2. The van der Waals surface area contributed by atoms with Gasteiger partial charge in [0.05, 0.1) is 0 Å². The molecule has 1 aliphatic rings. The van der Waals surface area contributed by atoms with Crippen molar-refractivity contribution in [1.29, 1.82) is 0 Å². The first-order chi connectivity index (χ1) is 13.5. The summed E-state index contributed by atoms with van der Waals surface area (Å²) in [5.41, 5.74) is 10.0. The van der Waals surface area contributed by atoms with Crippen LogP contribution in [0.2, 0.25) is 13.1 Å². The molecule has 0 heterocycles. The van der Waals surface area contributed by atoms with Crippen molar-refractivity contribution in [3.05, 3.63) is 58.7 Å². The van der Waals surface area contributed by atoms with Gasteiger partial charge >= 0.3 is 197 Å². The number of hydrogen-bond acceptors (Lipinski definition) is 1. The van der Waals surface area contributed by atoms with Crippen molar-refractivity contribution in [2.45, 2.75) is 97.3 Å². The van der Waals surface area contributed by atoms with Gasteiger partial charge in [-0.1, -0.05) is 0 Å². The second-order valence-corrected chi connectivity index (χ2v) is 19.9. The molecule has 0 aliphatic heterocycles.